The van der Waals surface area contributed by atoms with Gasteiger partial charge in [0.25, 0.3) is 10.0 Å². The molecule has 7 nitrogen and oxygen atoms in total. The number of anilines is 1. The zero-order valence-electron chi connectivity index (χ0n) is 15.6. The first kappa shape index (κ1) is 22.9. The molecule has 0 atom stereocenters. The first-order chi connectivity index (χ1) is 13.0. The molecule has 1 aliphatic heterocycles. The Hall–Kier alpha value is -1.37. The zero-order valence-corrected chi connectivity index (χ0v) is 19.6. The first-order valence-electron chi connectivity index (χ1n) is 8.79. The minimum atomic E-state index is -3.39. The second kappa shape index (κ2) is 10.4. The molecule has 1 aromatic heterocycles. The maximum Gasteiger partial charge on any atom is 0.252 e. The van der Waals surface area contributed by atoms with Crippen LogP contribution in [0.3, 0.4) is 0 Å². The molecular weight excluding hydrogens is 511 g/mol. The van der Waals surface area contributed by atoms with Crippen LogP contribution in [-0.4, -0.2) is 38.9 Å². The highest BCUT2D eigenvalue weighted by molar-refractivity contribution is 14.0. The number of aliphatic imine (C=N–C) groups is 1. The number of halogens is 1. The molecule has 2 aromatic rings. The molecule has 0 radical (unpaired) electrons. The lowest BCUT2D eigenvalue weighted by Crippen LogP contribution is -2.35. The van der Waals surface area contributed by atoms with Gasteiger partial charge in [-0.1, -0.05) is 12.5 Å². The van der Waals surface area contributed by atoms with Crippen molar-refractivity contribution in [3.63, 3.8) is 0 Å². The van der Waals surface area contributed by atoms with E-state index in [4.69, 9.17) is 10.5 Å². The van der Waals surface area contributed by atoms with Crippen molar-refractivity contribution >= 4 is 57.0 Å². The van der Waals surface area contributed by atoms with Crippen LogP contribution in [0.2, 0.25) is 0 Å². The van der Waals surface area contributed by atoms with Crippen molar-refractivity contribution in [3.05, 3.63) is 41.3 Å². The van der Waals surface area contributed by atoms with Crippen LogP contribution >= 0.6 is 35.3 Å². The number of rotatable bonds is 6. The summed E-state index contributed by atoms with van der Waals surface area (Å²) in [6, 6.07) is 10.8. The number of nitrogens with two attached hydrogens (primary N) is 1. The quantitative estimate of drug-likeness (QED) is 0.335. The Bertz CT molecular complexity index is 909. The molecule has 28 heavy (non-hydrogen) atoms. The lowest BCUT2D eigenvalue weighted by atomic mass is 10.2. The average molecular weight is 536 g/mol. The van der Waals surface area contributed by atoms with Crippen LogP contribution in [0.15, 0.2) is 45.6 Å². The molecule has 0 bridgehead atoms. The Morgan fingerprint density at radius 1 is 1.25 bits per heavy atom. The van der Waals surface area contributed by atoms with E-state index in [9.17, 15) is 8.42 Å². The minimum absolute atomic E-state index is 0. The van der Waals surface area contributed by atoms with Gasteiger partial charge in [-0.2, -0.15) is 4.31 Å². The number of benzene rings is 1. The number of thiophene rings is 1. The molecule has 0 aliphatic carbocycles. The SMILES string of the molecule is COc1cccc(NC(N)=NCc2ccc(S(=O)(=O)N3CCCCC3)s2)c1.I. The Morgan fingerprint density at radius 3 is 2.71 bits per heavy atom. The van der Waals surface area contributed by atoms with E-state index in [1.165, 1.54) is 11.3 Å². The summed E-state index contributed by atoms with van der Waals surface area (Å²) in [6.45, 7) is 1.53. The molecule has 1 aromatic carbocycles. The highest BCUT2D eigenvalue weighted by atomic mass is 127. The summed E-state index contributed by atoms with van der Waals surface area (Å²) < 4.78 is 32.5. The van der Waals surface area contributed by atoms with Crippen molar-refractivity contribution in [1.82, 2.24) is 4.31 Å². The molecule has 3 rings (SSSR count). The monoisotopic (exact) mass is 536 g/mol. The summed E-state index contributed by atoms with van der Waals surface area (Å²) in [5.74, 6) is 0.982. The summed E-state index contributed by atoms with van der Waals surface area (Å²) in [4.78, 5) is 5.15. The van der Waals surface area contributed by atoms with Crippen molar-refractivity contribution in [2.24, 2.45) is 10.7 Å². The Kier molecular flexibility index (Phi) is 8.53. The van der Waals surface area contributed by atoms with E-state index in [1.54, 1.807) is 23.5 Å². The number of guanidine groups is 1. The molecule has 3 N–H and O–H groups in total. The topological polar surface area (TPSA) is 97.0 Å². The molecule has 2 heterocycles. The van der Waals surface area contributed by atoms with E-state index >= 15 is 0 Å². The van der Waals surface area contributed by atoms with Gasteiger partial charge in [-0.15, -0.1) is 35.3 Å². The summed E-state index contributed by atoms with van der Waals surface area (Å²) in [5, 5.41) is 3.00. The number of piperidine rings is 1. The second-order valence-corrected chi connectivity index (χ2v) is 9.58. The molecule has 0 saturated carbocycles. The third-order valence-corrected chi connectivity index (χ3v) is 7.73. The fourth-order valence-corrected chi connectivity index (χ4v) is 5.82. The van der Waals surface area contributed by atoms with Crippen LogP contribution in [0.25, 0.3) is 0 Å². The Labute approximate surface area is 187 Å². The van der Waals surface area contributed by atoms with Crippen molar-refractivity contribution < 1.29 is 13.2 Å². The van der Waals surface area contributed by atoms with Crippen LogP contribution in [0.1, 0.15) is 24.1 Å². The highest BCUT2D eigenvalue weighted by Crippen LogP contribution is 2.27. The highest BCUT2D eigenvalue weighted by Gasteiger charge is 2.27. The van der Waals surface area contributed by atoms with E-state index in [0.717, 1.165) is 35.6 Å². The van der Waals surface area contributed by atoms with Crippen molar-refractivity contribution in [2.45, 2.75) is 30.0 Å². The normalized spacial score (nSPS) is 15.7. The number of nitrogens with zero attached hydrogens (tertiary/aromatic N) is 2. The number of sulfonamides is 1. The maximum absolute atomic E-state index is 12.7. The summed E-state index contributed by atoms with van der Waals surface area (Å²) in [5.41, 5.74) is 6.70. The van der Waals surface area contributed by atoms with Crippen LogP contribution in [0, 0.1) is 0 Å². The van der Waals surface area contributed by atoms with E-state index in [2.05, 4.69) is 10.3 Å². The lowest BCUT2D eigenvalue weighted by molar-refractivity contribution is 0.347. The van der Waals surface area contributed by atoms with Crippen LogP contribution in [-0.2, 0) is 16.6 Å². The van der Waals surface area contributed by atoms with Gasteiger partial charge in [0.1, 0.15) is 9.96 Å². The molecule has 154 valence electrons. The van der Waals surface area contributed by atoms with Gasteiger partial charge >= 0.3 is 0 Å². The Balaban J connectivity index is 0.00000280. The van der Waals surface area contributed by atoms with Gasteiger partial charge in [-0.25, -0.2) is 13.4 Å². The summed E-state index contributed by atoms with van der Waals surface area (Å²) in [6.07, 6.45) is 2.94. The number of methoxy groups -OCH3 is 1. The van der Waals surface area contributed by atoms with E-state index < -0.39 is 10.0 Å². The van der Waals surface area contributed by atoms with Crippen molar-refractivity contribution in [2.75, 3.05) is 25.5 Å². The summed E-state index contributed by atoms with van der Waals surface area (Å²) in [7, 11) is -1.79. The van der Waals surface area contributed by atoms with Gasteiger partial charge in [-0.05, 0) is 37.1 Å². The standard InChI is InChI=1S/C18H24N4O3S2.HI/c1-25-15-7-5-6-14(12-15)21-18(19)20-13-16-8-9-17(26-16)27(23,24)22-10-3-2-4-11-22;/h5-9,12H,2-4,10-11,13H2,1H3,(H3,19,20,21);1H. The van der Waals surface area contributed by atoms with E-state index in [1.807, 2.05) is 24.3 Å². The van der Waals surface area contributed by atoms with Gasteiger partial charge in [-0.3, -0.25) is 0 Å². The number of hydrogen-bond acceptors (Lipinski definition) is 5. The van der Waals surface area contributed by atoms with Gasteiger partial charge in [0.15, 0.2) is 5.96 Å². The number of hydrogen-bond donors (Lipinski definition) is 2. The van der Waals surface area contributed by atoms with Crippen molar-refractivity contribution in [3.8, 4) is 5.75 Å². The maximum atomic E-state index is 12.7. The molecule has 1 aliphatic rings. The van der Waals surface area contributed by atoms with Crippen LogP contribution in [0.5, 0.6) is 5.75 Å². The molecular formula is C18H25IN4O3S2. The number of ether oxygens (including phenoxy) is 1. The van der Waals surface area contributed by atoms with Gasteiger partial charge in [0.05, 0.1) is 13.7 Å². The predicted molar refractivity (Wildman–Crippen MR) is 124 cm³/mol. The molecule has 1 saturated heterocycles. The fraction of sp³-hybridized carbons (Fsp3) is 0.389. The average Bonchev–Trinajstić information content (AvgIpc) is 3.17. The first-order valence-corrected chi connectivity index (χ1v) is 11.0. The van der Waals surface area contributed by atoms with Gasteiger partial charge in [0, 0.05) is 29.7 Å². The molecule has 10 heteroatoms. The largest absolute Gasteiger partial charge is 0.497 e. The van der Waals surface area contributed by atoms with Crippen LogP contribution < -0.4 is 15.8 Å². The smallest absolute Gasteiger partial charge is 0.252 e. The molecule has 0 amide bonds. The lowest BCUT2D eigenvalue weighted by Gasteiger charge is -2.25. The van der Waals surface area contributed by atoms with Crippen LogP contribution in [0.4, 0.5) is 5.69 Å². The third kappa shape index (κ3) is 5.82. The molecule has 1 fully saturated rings. The third-order valence-electron chi connectivity index (χ3n) is 4.29. The van der Waals surface area contributed by atoms with Gasteiger partial charge < -0.3 is 15.8 Å². The molecule has 0 unspecified atom stereocenters. The van der Waals surface area contributed by atoms with Gasteiger partial charge in [0.2, 0.25) is 0 Å². The van der Waals surface area contributed by atoms with E-state index in [-0.39, 0.29) is 29.9 Å². The van der Waals surface area contributed by atoms with E-state index in [0.29, 0.717) is 23.8 Å². The second-order valence-electron chi connectivity index (χ2n) is 6.24. The number of nitrogens with one attached hydrogen (secondary N) is 1. The zero-order chi connectivity index (χ0) is 19.3. The predicted octanol–water partition coefficient (Wildman–Crippen LogP) is 3.48. The fourth-order valence-electron chi connectivity index (χ4n) is 2.87. The van der Waals surface area contributed by atoms with Crippen molar-refractivity contribution in [1.29, 1.82) is 0 Å². The molecule has 0 spiro atoms. The Morgan fingerprint density at radius 2 is 2.00 bits per heavy atom. The minimum Gasteiger partial charge on any atom is -0.497 e. The summed E-state index contributed by atoms with van der Waals surface area (Å²) >= 11 is 1.25.